The summed E-state index contributed by atoms with van der Waals surface area (Å²) in [6.07, 6.45) is 101. The molecule has 0 bridgehead atoms. The van der Waals surface area contributed by atoms with Gasteiger partial charge in [0.2, 0.25) is 0 Å². The lowest BCUT2D eigenvalue weighted by Gasteiger charge is -2.25. The number of hydrogen-bond acceptors (Lipinski definition) is 7. The predicted molar refractivity (Wildman–Crippen MR) is 401 cm³/mol. The van der Waals surface area contributed by atoms with Gasteiger partial charge in [-0.2, -0.15) is 0 Å². The summed E-state index contributed by atoms with van der Waals surface area (Å²) in [6, 6.07) is 0. The standard InChI is InChI=1S/C84H147NO8/c1-6-8-10-12-14-16-18-20-22-24-26-28-30-32-34-36-38-39-40-41-42-43-45-47-49-51-53-55-57-59-61-63-65-67-69-71-73-75-82(87)93-80(79-92-84(83(88)89)90-77-76-85(3,4)5)78-91-81(86)74-72-70-68-66-64-62-60-58-56-54-52-50-48-46-44-37-35-33-31-29-27-25-23-21-19-17-15-13-11-9-7-2/h8-11,14-17,20-23,26-29,32,34,80,84H,6-7,12-13,18-19,24-25,30-31,33,35-79H2,1-5H3/p+1/b10-8-,11-9-,16-14-,17-15-,22-20-,23-21-,28-26-,29-27-,34-32-. The lowest BCUT2D eigenvalue weighted by molar-refractivity contribution is -0.870. The van der Waals surface area contributed by atoms with Crippen LogP contribution in [0.5, 0.6) is 0 Å². The third-order valence-corrected chi connectivity index (χ3v) is 17.0. The van der Waals surface area contributed by atoms with Crippen LogP contribution in [0.3, 0.4) is 0 Å². The van der Waals surface area contributed by atoms with E-state index in [1.165, 1.54) is 225 Å². The molecule has 93 heavy (non-hydrogen) atoms. The van der Waals surface area contributed by atoms with Crippen LogP contribution in [0.15, 0.2) is 109 Å². The maximum absolute atomic E-state index is 13.0. The molecule has 0 radical (unpaired) electrons. The fourth-order valence-electron chi connectivity index (χ4n) is 11.2. The van der Waals surface area contributed by atoms with E-state index in [-0.39, 0.29) is 38.2 Å². The Morgan fingerprint density at radius 2 is 0.581 bits per heavy atom. The quantitative estimate of drug-likeness (QED) is 0.0211. The van der Waals surface area contributed by atoms with Crippen molar-refractivity contribution in [1.29, 1.82) is 0 Å². The van der Waals surface area contributed by atoms with Crippen LogP contribution in [-0.2, 0) is 33.3 Å². The lowest BCUT2D eigenvalue weighted by atomic mass is 10.0. The molecule has 0 aromatic carbocycles. The number of nitrogens with zero attached hydrogens (tertiary/aromatic N) is 1. The highest BCUT2D eigenvalue weighted by molar-refractivity contribution is 5.71. The van der Waals surface area contributed by atoms with E-state index >= 15 is 0 Å². The molecule has 0 aromatic rings. The highest BCUT2D eigenvalue weighted by atomic mass is 16.7. The van der Waals surface area contributed by atoms with Gasteiger partial charge in [-0.25, -0.2) is 4.79 Å². The first-order valence-electron chi connectivity index (χ1n) is 39.1. The number of carbonyl (C=O) groups is 3. The predicted octanol–water partition coefficient (Wildman–Crippen LogP) is 24.9. The summed E-state index contributed by atoms with van der Waals surface area (Å²) in [5, 5.41) is 9.77. The molecular weight excluding hydrogens is 1150 g/mol. The molecule has 2 unspecified atom stereocenters. The second kappa shape index (κ2) is 73.8. The average Bonchev–Trinajstić information content (AvgIpc) is 3.73. The monoisotopic (exact) mass is 1300 g/mol. The normalized spacial score (nSPS) is 13.3. The summed E-state index contributed by atoms with van der Waals surface area (Å²) in [5.74, 6) is -1.99. The third kappa shape index (κ3) is 75.2. The van der Waals surface area contributed by atoms with E-state index in [0.717, 1.165) is 96.3 Å². The van der Waals surface area contributed by atoms with Gasteiger partial charge < -0.3 is 28.5 Å². The maximum Gasteiger partial charge on any atom is 0.361 e. The van der Waals surface area contributed by atoms with Crippen molar-refractivity contribution in [2.45, 2.75) is 360 Å². The lowest BCUT2D eigenvalue weighted by Crippen LogP contribution is -2.40. The number of likely N-dealkylation sites (N-methyl/N-ethyl adjacent to an activating group) is 1. The van der Waals surface area contributed by atoms with E-state index in [0.29, 0.717) is 17.4 Å². The molecule has 0 aromatic heterocycles. The van der Waals surface area contributed by atoms with Gasteiger partial charge >= 0.3 is 17.9 Å². The molecule has 0 aliphatic carbocycles. The maximum atomic E-state index is 13.0. The second-order valence-electron chi connectivity index (χ2n) is 27.3. The molecule has 536 valence electrons. The Bertz CT molecular complexity index is 1900. The van der Waals surface area contributed by atoms with Crippen LogP contribution in [0.25, 0.3) is 0 Å². The van der Waals surface area contributed by atoms with Crippen molar-refractivity contribution in [1.82, 2.24) is 0 Å². The Kier molecular flexibility index (Phi) is 70.5. The van der Waals surface area contributed by atoms with E-state index < -0.39 is 18.4 Å². The summed E-state index contributed by atoms with van der Waals surface area (Å²) < 4.78 is 23.1. The molecule has 0 fully saturated rings. The first kappa shape index (κ1) is 89.0. The van der Waals surface area contributed by atoms with Crippen molar-refractivity contribution in [2.24, 2.45) is 0 Å². The number of ether oxygens (including phenoxy) is 4. The molecule has 0 amide bonds. The molecule has 0 saturated carbocycles. The second-order valence-corrected chi connectivity index (χ2v) is 27.3. The van der Waals surface area contributed by atoms with E-state index in [4.69, 9.17) is 18.9 Å². The molecule has 0 rings (SSSR count). The summed E-state index contributed by atoms with van der Waals surface area (Å²) in [4.78, 5) is 37.7. The van der Waals surface area contributed by atoms with Crippen molar-refractivity contribution in [3.05, 3.63) is 109 Å². The van der Waals surface area contributed by atoms with Gasteiger partial charge in [-0.1, -0.05) is 348 Å². The summed E-state index contributed by atoms with van der Waals surface area (Å²) in [7, 11) is 5.99. The number of quaternary nitrogens is 1. The van der Waals surface area contributed by atoms with Crippen LogP contribution in [0.1, 0.15) is 348 Å². The number of allylic oxidation sites excluding steroid dienone is 18. The number of carbonyl (C=O) groups excluding carboxylic acids is 2. The Morgan fingerprint density at radius 1 is 0.323 bits per heavy atom. The van der Waals surface area contributed by atoms with Crippen molar-refractivity contribution in [3.63, 3.8) is 0 Å². The minimum Gasteiger partial charge on any atom is -0.477 e. The minimum absolute atomic E-state index is 0.181. The third-order valence-electron chi connectivity index (χ3n) is 17.0. The zero-order valence-electron chi connectivity index (χ0n) is 61.4. The Labute approximate surface area is 575 Å². The van der Waals surface area contributed by atoms with E-state index in [9.17, 15) is 19.5 Å². The highest BCUT2D eigenvalue weighted by Crippen LogP contribution is 2.19. The molecule has 0 saturated heterocycles. The minimum atomic E-state index is -1.51. The van der Waals surface area contributed by atoms with Gasteiger partial charge in [0.15, 0.2) is 6.10 Å². The Balaban J connectivity index is 4.01. The van der Waals surface area contributed by atoms with E-state index in [2.05, 4.69) is 123 Å². The zero-order valence-corrected chi connectivity index (χ0v) is 61.4. The van der Waals surface area contributed by atoms with Gasteiger partial charge in [-0.05, 0) is 96.3 Å². The first-order valence-corrected chi connectivity index (χ1v) is 39.1. The van der Waals surface area contributed by atoms with Crippen LogP contribution >= 0.6 is 0 Å². The van der Waals surface area contributed by atoms with Crippen LogP contribution in [-0.4, -0.2) is 87.4 Å². The van der Waals surface area contributed by atoms with Crippen molar-refractivity contribution >= 4 is 17.9 Å². The SMILES string of the molecule is CC/C=C\C/C=C\C/C=C\C/C=C\C/C=C\CCCCCCCCCCCCCCCCCCCCCCCC(=O)OC(COC(=O)CCCCCCCCCCCCCCCCCCCC/C=C\C/C=C\C/C=C\C/C=C\CC)COC(OCC[N+](C)(C)C)C(=O)O. The number of aliphatic carboxylic acids is 1. The van der Waals surface area contributed by atoms with Crippen LogP contribution in [0, 0.1) is 0 Å². The smallest absolute Gasteiger partial charge is 0.361 e. The van der Waals surface area contributed by atoms with Crippen LogP contribution in [0.2, 0.25) is 0 Å². The zero-order chi connectivity index (χ0) is 67.5. The molecule has 9 heteroatoms. The molecule has 9 nitrogen and oxygen atoms in total. The van der Waals surface area contributed by atoms with Gasteiger partial charge in [0, 0.05) is 12.8 Å². The fraction of sp³-hybridized carbons (Fsp3) is 0.750. The summed E-state index contributed by atoms with van der Waals surface area (Å²) in [6.45, 7) is 4.70. The van der Waals surface area contributed by atoms with Crippen LogP contribution < -0.4 is 0 Å². The van der Waals surface area contributed by atoms with E-state index in [1.807, 2.05) is 21.1 Å². The molecule has 0 aliphatic heterocycles. The van der Waals surface area contributed by atoms with Gasteiger partial charge in [-0.15, -0.1) is 0 Å². The number of unbranched alkanes of at least 4 members (excludes halogenated alkanes) is 39. The molecule has 0 heterocycles. The first-order chi connectivity index (χ1) is 45.6. The topological polar surface area (TPSA) is 108 Å². The van der Waals surface area contributed by atoms with Gasteiger partial charge in [0.25, 0.3) is 6.29 Å². The summed E-state index contributed by atoms with van der Waals surface area (Å²) in [5.41, 5.74) is 0. The van der Waals surface area contributed by atoms with Crippen molar-refractivity contribution < 1.29 is 42.9 Å². The van der Waals surface area contributed by atoms with Gasteiger partial charge in [-0.3, -0.25) is 9.59 Å². The Hall–Kier alpha value is -4.05. The number of hydrogen-bond donors (Lipinski definition) is 1. The van der Waals surface area contributed by atoms with Gasteiger partial charge in [0.05, 0.1) is 34.4 Å². The Morgan fingerprint density at radius 3 is 0.860 bits per heavy atom. The highest BCUT2D eigenvalue weighted by Gasteiger charge is 2.25. The van der Waals surface area contributed by atoms with E-state index in [1.54, 1.807) is 0 Å². The molecule has 1 N–H and O–H groups in total. The van der Waals surface area contributed by atoms with Crippen molar-refractivity contribution in [3.8, 4) is 0 Å². The van der Waals surface area contributed by atoms with Crippen molar-refractivity contribution in [2.75, 3.05) is 47.5 Å². The number of carboxylic acid groups (broad SMARTS) is 1. The average molecular weight is 1300 g/mol. The fourth-order valence-corrected chi connectivity index (χ4v) is 11.2. The largest absolute Gasteiger partial charge is 0.477 e. The van der Waals surface area contributed by atoms with Crippen LogP contribution in [0.4, 0.5) is 0 Å². The number of rotatable bonds is 72. The summed E-state index contributed by atoms with van der Waals surface area (Å²) >= 11 is 0. The number of carboxylic acids is 1. The number of esters is 2. The molecule has 0 spiro atoms. The molecule has 0 aliphatic rings. The molecular formula is C84H148NO8+. The molecule has 2 atom stereocenters. The van der Waals surface area contributed by atoms with Gasteiger partial charge in [0.1, 0.15) is 13.2 Å².